The molecule has 2 aromatic carbocycles. The number of carboxylic acid groups (broad SMARTS) is 1. The van der Waals surface area contributed by atoms with Crippen molar-refractivity contribution >= 4 is 52.2 Å². The maximum atomic E-state index is 12.2. The number of aromatic carboxylic acids is 1. The van der Waals surface area contributed by atoms with Crippen molar-refractivity contribution in [1.82, 2.24) is 10.3 Å². The van der Waals surface area contributed by atoms with E-state index in [1.165, 1.54) is 12.1 Å². The highest BCUT2D eigenvalue weighted by atomic mass is 35.5. The average molecular weight is 561 g/mol. The zero-order valence-electron chi connectivity index (χ0n) is 21.1. The molecule has 1 saturated heterocycles. The summed E-state index contributed by atoms with van der Waals surface area (Å²) in [6.07, 6.45) is 1.72. The lowest BCUT2D eigenvalue weighted by Gasteiger charge is -2.26. The van der Waals surface area contributed by atoms with Gasteiger partial charge in [0.15, 0.2) is 5.11 Å². The Bertz CT molecular complexity index is 1540. The summed E-state index contributed by atoms with van der Waals surface area (Å²) in [7, 11) is 0. The Labute approximate surface area is 235 Å². The quantitative estimate of drug-likeness (QED) is 0.221. The second kappa shape index (κ2) is 10.9. The van der Waals surface area contributed by atoms with Crippen molar-refractivity contribution in [3.63, 3.8) is 0 Å². The standard InChI is InChI=1S/C29H25ClN4O4S/c1-16(2)27(35)32-21-11-10-19(15-20(21)30)34-26(25(33-29(34)39)22-5-3-4-14-31-22)24-13-12-23(38-24)17-6-8-18(9-7-17)28(36)37/h3-16,25-26H,1-2H3,(H,32,35)(H,33,39)(H,36,37). The third-order valence-electron chi connectivity index (χ3n) is 6.45. The predicted octanol–water partition coefficient (Wildman–Crippen LogP) is 6.46. The number of benzene rings is 2. The molecule has 0 bridgehead atoms. The molecule has 1 fully saturated rings. The maximum absolute atomic E-state index is 12.2. The lowest BCUT2D eigenvalue weighted by molar-refractivity contribution is -0.118. The first kappa shape index (κ1) is 26.4. The number of furan rings is 1. The number of hydrogen-bond acceptors (Lipinski definition) is 5. The van der Waals surface area contributed by atoms with E-state index in [0.717, 1.165) is 11.3 Å². The number of anilines is 2. The second-order valence-corrected chi connectivity index (χ2v) is 10.2. The fourth-order valence-corrected chi connectivity index (χ4v) is 4.97. The van der Waals surface area contributed by atoms with Gasteiger partial charge in [0.2, 0.25) is 5.91 Å². The molecule has 2 aromatic heterocycles. The van der Waals surface area contributed by atoms with E-state index in [9.17, 15) is 14.7 Å². The summed E-state index contributed by atoms with van der Waals surface area (Å²) in [6, 6.07) is 20.5. The van der Waals surface area contributed by atoms with E-state index < -0.39 is 12.0 Å². The molecule has 0 spiro atoms. The molecule has 3 N–H and O–H groups in total. The van der Waals surface area contributed by atoms with Crippen LogP contribution in [0.2, 0.25) is 5.02 Å². The van der Waals surface area contributed by atoms with Gasteiger partial charge in [-0.15, -0.1) is 0 Å². The van der Waals surface area contributed by atoms with Crippen molar-refractivity contribution in [1.29, 1.82) is 0 Å². The van der Waals surface area contributed by atoms with Gasteiger partial charge in [0.05, 0.1) is 28.0 Å². The second-order valence-electron chi connectivity index (χ2n) is 9.39. The summed E-state index contributed by atoms with van der Waals surface area (Å²) in [5.41, 5.74) is 2.95. The van der Waals surface area contributed by atoms with Crippen LogP contribution in [-0.2, 0) is 4.79 Å². The molecule has 39 heavy (non-hydrogen) atoms. The number of carbonyl (C=O) groups excluding carboxylic acids is 1. The van der Waals surface area contributed by atoms with Crippen LogP contribution in [0.4, 0.5) is 11.4 Å². The van der Waals surface area contributed by atoms with E-state index in [1.54, 1.807) is 30.5 Å². The molecule has 0 aliphatic carbocycles. The number of rotatable bonds is 7. The zero-order valence-corrected chi connectivity index (χ0v) is 22.7. The highest BCUT2D eigenvalue weighted by Gasteiger charge is 2.42. The first-order valence-corrected chi connectivity index (χ1v) is 13.1. The van der Waals surface area contributed by atoms with Gasteiger partial charge in [-0.25, -0.2) is 4.79 Å². The molecule has 5 rings (SSSR count). The molecule has 2 unspecified atom stereocenters. The van der Waals surface area contributed by atoms with Crippen molar-refractivity contribution in [2.75, 3.05) is 10.2 Å². The van der Waals surface area contributed by atoms with Crippen LogP contribution in [0.25, 0.3) is 11.3 Å². The van der Waals surface area contributed by atoms with Crippen molar-refractivity contribution in [2.45, 2.75) is 25.9 Å². The molecule has 1 aliphatic rings. The number of nitrogens with zero attached hydrogens (tertiary/aromatic N) is 2. The van der Waals surface area contributed by atoms with Gasteiger partial charge in [0, 0.05) is 23.4 Å². The third-order valence-corrected chi connectivity index (χ3v) is 7.07. The topological polar surface area (TPSA) is 108 Å². The lowest BCUT2D eigenvalue weighted by atomic mass is 10.0. The fraction of sp³-hybridized carbons (Fsp3) is 0.172. The molecular formula is C29H25ClN4O4S. The summed E-state index contributed by atoms with van der Waals surface area (Å²) < 4.78 is 6.33. The minimum atomic E-state index is -0.991. The molecule has 0 saturated carbocycles. The molecule has 10 heteroatoms. The van der Waals surface area contributed by atoms with Crippen LogP contribution >= 0.6 is 23.8 Å². The molecular weight excluding hydrogens is 536 g/mol. The van der Waals surface area contributed by atoms with Crippen molar-refractivity contribution in [3.8, 4) is 11.3 Å². The molecule has 0 radical (unpaired) electrons. The van der Waals surface area contributed by atoms with Crippen LogP contribution in [-0.4, -0.2) is 27.1 Å². The predicted molar refractivity (Wildman–Crippen MR) is 154 cm³/mol. The minimum Gasteiger partial charge on any atom is -0.478 e. The van der Waals surface area contributed by atoms with Crippen LogP contribution in [0.1, 0.15) is 47.7 Å². The fourth-order valence-electron chi connectivity index (χ4n) is 4.40. The largest absolute Gasteiger partial charge is 0.478 e. The molecule has 8 nitrogen and oxygen atoms in total. The molecule has 1 amide bonds. The van der Waals surface area contributed by atoms with Crippen molar-refractivity contribution in [2.24, 2.45) is 5.92 Å². The highest BCUT2D eigenvalue weighted by Crippen LogP contribution is 2.44. The van der Waals surface area contributed by atoms with Crippen molar-refractivity contribution in [3.05, 3.63) is 101 Å². The van der Waals surface area contributed by atoms with Crippen LogP contribution in [0.3, 0.4) is 0 Å². The van der Waals surface area contributed by atoms with E-state index in [1.807, 2.05) is 55.1 Å². The van der Waals surface area contributed by atoms with Crippen molar-refractivity contribution < 1.29 is 19.1 Å². The zero-order chi connectivity index (χ0) is 27.7. The Morgan fingerprint density at radius 1 is 1.10 bits per heavy atom. The number of carboxylic acids is 1. The summed E-state index contributed by atoms with van der Waals surface area (Å²) >= 11 is 12.4. The van der Waals surface area contributed by atoms with Gasteiger partial charge in [-0.3, -0.25) is 9.78 Å². The normalized spacial score (nSPS) is 16.8. The van der Waals surface area contributed by atoms with Gasteiger partial charge in [-0.1, -0.05) is 43.6 Å². The van der Waals surface area contributed by atoms with Gasteiger partial charge >= 0.3 is 5.97 Å². The van der Waals surface area contributed by atoms with E-state index in [2.05, 4.69) is 15.6 Å². The Hall–Kier alpha value is -4.21. The molecule has 198 valence electrons. The number of carbonyl (C=O) groups is 2. The van der Waals surface area contributed by atoms with Gasteiger partial charge in [-0.2, -0.15) is 0 Å². The monoisotopic (exact) mass is 560 g/mol. The van der Waals surface area contributed by atoms with E-state index in [4.69, 9.17) is 28.2 Å². The van der Waals surface area contributed by atoms with Gasteiger partial charge < -0.3 is 25.1 Å². The number of amides is 1. The summed E-state index contributed by atoms with van der Waals surface area (Å²) in [5.74, 6) is -0.0916. The molecule has 4 aromatic rings. The summed E-state index contributed by atoms with van der Waals surface area (Å²) in [6.45, 7) is 3.62. The van der Waals surface area contributed by atoms with E-state index >= 15 is 0 Å². The number of nitrogens with one attached hydrogen (secondary N) is 2. The summed E-state index contributed by atoms with van der Waals surface area (Å²) in [5, 5.41) is 16.3. The molecule has 3 heterocycles. The van der Waals surface area contributed by atoms with Crippen LogP contribution in [0, 0.1) is 5.92 Å². The molecule has 2 atom stereocenters. The highest BCUT2D eigenvalue weighted by molar-refractivity contribution is 7.80. The smallest absolute Gasteiger partial charge is 0.335 e. The van der Waals surface area contributed by atoms with Gasteiger partial charge in [0.1, 0.15) is 17.6 Å². The SMILES string of the molecule is CC(C)C(=O)Nc1ccc(N2C(=S)NC(c3ccccn3)C2c2ccc(-c3ccc(C(=O)O)cc3)o2)cc1Cl. The lowest BCUT2D eigenvalue weighted by Crippen LogP contribution is -2.29. The first-order chi connectivity index (χ1) is 18.7. The molecule has 1 aliphatic heterocycles. The first-order valence-electron chi connectivity index (χ1n) is 12.3. The number of thiocarbonyl (C=S) groups is 1. The van der Waals surface area contributed by atoms with Crippen LogP contribution in [0.15, 0.2) is 83.4 Å². The Morgan fingerprint density at radius 2 is 1.87 bits per heavy atom. The number of pyridine rings is 1. The Balaban J connectivity index is 1.53. The minimum absolute atomic E-state index is 0.129. The van der Waals surface area contributed by atoms with Gasteiger partial charge in [-0.05, 0) is 66.8 Å². The summed E-state index contributed by atoms with van der Waals surface area (Å²) in [4.78, 5) is 29.9. The maximum Gasteiger partial charge on any atom is 0.335 e. The van der Waals surface area contributed by atoms with Gasteiger partial charge in [0.25, 0.3) is 0 Å². The number of aromatic nitrogens is 1. The van der Waals surface area contributed by atoms with Crippen LogP contribution in [0.5, 0.6) is 0 Å². The number of hydrogen-bond donors (Lipinski definition) is 3. The van der Waals surface area contributed by atoms with Crippen LogP contribution < -0.4 is 15.5 Å². The number of halogens is 1. The van der Waals surface area contributed by atoms with E-state index in [0.29, 0.717) is 33.0 Å². The Kier molecular flexibility index (Phi) is 7.36. The third kappa shape index (κ3) is 5.36. The van der Waals surface area contributed by atoms with E-state index in [-0.39, 0.29) is 23.4 Å². The average Bonchev–Trinajstić information content (AvgIpc) is 3.55. The Morgan fingerprint density at radius 3 is 2.51 bits per heavy atom.